The summed E-state index contributed by atoms with van der Waals surface area (Å²) in [5.41, 5.74) is 0.654. The van der Waals surface area contributed by atoms with Crippen LogP contribution in [0.2, 0.25) is 0 Å². The van der Waals surface area contributed by atoms with Gasteiger partial charge in [-0.2, -0.15) is 0 Å². The summed E-state index contributed by atoms with van der Waals surface area (Å²) in [6.45, 7) is 19.9. The molecule has 0 N–H and O–H groups in total. The number of ether oxygens (including phenoxy) is 2. The van der Waals surface area contributed by atoms with Crippen LogP contribution < -0.4 is 0 Å². The fourth-order valence-corrected chi connectivity index (χ4v) is 5.77. The Balaban J connectivity index is 1.59. The first-order valence-electron chi connectivity index (χ1n) is 13.4. The monoisotopic (exact) mass is 456 g/mol. The number of allylic oxidation sites excluding steroid dienone is 8. The average Bonchev–Trinajstić information content (AvgIpc) is 2.74. The van der Waals surface area contributed by atoms with Crippen LogP contribution in [0, 0.1) is 34.0 Å². The van der Waals surface area contributed by atoms with Gasteiger partial charge in [0, 0.05) is 13.2 Å². The first-order chi connectivity index (χ1) is 15.6. The molecule has 0 aromatic rings. The van der Waals surface area contributed by atoms with E-state index in [4.69, 9.17) is 9.47 Å². The Morgan fingerprint density at radius 3 is 1.70 bits per heavy atom. The van der Waals surface area contributed by atoms with Gasteiger partial charge in [-0.1, -0.05) is 110 Å². The molecule has 4 atom stereocenters. The Morgan fingerprint density at radius 1 is 0.727 bits per heavy atom. The molecule has 0 radical (unpaired) electrons. The minimum Gasteiger partial charge on any atom is -0.381 e. The summed E-state index contributed by atoms with van der Waals surface area (Å²) in [7, 11) is 0. The summed E-state index contributed by atoms with van der Waals surface area (Å²) in [5, 5.41) is 0. The highest BCUT2D eigenvalue weighted by Crippen LogP contribution is 2.45. The summed E-state index contributed by atoms with van der Waals surface area (Å²) in [6, 6.07) is 0. The van der Waals surface area contributed by atoms with Gasteiger partial charge in [-0.05, 0) is 59.7 Å². The van der Waals surface area contributed by atoms with Gasteiger partial charge < -0.3 is 9.47 Å². The molecule has 0 bridgehead atoms. The van der Waals surface area contributed by atoms with E-state index in [2.05, 4.69) is 97.1 Å². The van der Waals surface area contributed by atoms with Crippen molar-refractivity contribution in [2.45, 2.75) is 87.0 Å². The molecule has 2 nitrogen and oxygen atoms in total. The minimum absolute atomic E-state index is 0.193. The highest BCUT2D eigenvalue weighted by Gasteiger charge is 2.39. The van der Waals surface area contributed by atoms with E-state index in [1.165, 1.54) is 12.8 Å². The van der Waals surface area contributed by atoms with Crippen LogP contribution in [-0.2, 0) is 9.47 Å². The van der Waals surface area contributed by atoms with Gasteiger partial charge in [0.1, 0.15) is 0 Å². The zero-order chi connectivity index (χ0) is 24.4. The molecule has 0 aromatic carbocycles. The lowest BCUT2D eigenvalue weighted by molar-refractivity contribution is 0.00160. The van der Waals surface area contributed by atoms with Gasteiger partial charge in [-0.25, -0.2) is 0 Å². The summed E-state index contributed by atoms with van der Waals surface area (Å²) in [5.74, 6) is 1.71. The van der Waals surface area contributed by atoms with Crippen LogP contribution in [0.25, 0.3) is 0 Å². The Kier molecular flexibility index (Phi) is 11.2. The second-order valence-electron chi connectivity index (χ2n) is 12.3. The van der Waals surface area contributed by atoms with Gasteiger partial charge in [0.15, 0.2) is 0 Å². The molecule has 33 heavy (non-hydrogen) atoms. The zero-order valence-corrected chi connectivity index (χ0v) is 22.7. The molecule has 0 aliphatic heterocycles. The largest absolute Gasteiger partial charge is 0.381 e. The maximum atomic E-state index is 6.20. The molecule has 0 fully saturated rings. The highest BCUT2D eigenvalue weighted by molar-refractivity contribution is 5.18. The molecular weight excluding hydrogens is 404 g/mol. The SMILES string of the molecule is CC(C)[C@H](COCCCCCCOC[C@@H](C(C)(C)C)C1(C)C=CC=CC1)C1(C)C=CC=CC1. The average molecular weight is 457 g/mol. The van der Waals surface area contributed by atoms with Crippen molar-refractivity contribution in [1.82, 2.24) is 0 Å². The van der Waals surface area contributed by atoms with E-state index in [0.717, 1.165) is 52.1 Å². The topological polar surface area (TPSA) is 18.5 Å². The molecule has 2 aliphatic rings. The van der Waals surface area contributed by atoms with E-state index in [0.29, 0.717) is 17.8 Å². The van der Waals surface area contributed by atoms with E-state index in [1.54, 1.807) is 0 Å². The van der Waals surface area contributed by atoms with Crippen LogP contribution in [0.5, 0.6) is 0 Å². The highest BCUT2D eigenvalue weighted by atomic mass is 16.5. The van der Waals surface area contributed by atoms with Crippen molar-refractivity contribution >= 4 is 0 Å². The summed E-state index contributed by atoms with van der Waals surface area (Å²) in [4.78, 5) is 0. The summed E-state index contributed by atoms with van der Waals surface area (Å²) >= 11 is 0. The van der Waals surface area contributed by atoms with Gasteiger partial charge in [-0.3, -0.25) is 0 Å². The standard InChI is InChI=1S/C31H52O2/c1-26(2)27(30(6)18-12-10-13-19-30)24-32-22-16-8-9-17-23-33-25-28(29(3,4)5)31(7)20-14-11-15-21-31/h10-15,18,20,26-28H,8-9,16-17,19,21-25H2,1-7H3/t27-,28-,30?,31?/m0/s1. The smallest absolute Gasteiger partial charge is 0.0507 e. The van der Waals surface area contributed by atoms with E-state index in [-0.39, 0.29) is 16.2 Å². The molecule has 0 heterocycles. The molecular formula is C31H52O2. The van der Waals surface area contributed by atoms with Gasteiger partial charge in [-0.15, -0.1) is 0 Å². The quantitative estimate of drug-likeness (QED) is 0.244. The van der Waals surface area contributed by atoms with Crippen LogP contribution in [-0.4, -0.2) is 26.4 Å². The predicted octanol–water partition coefficient (Wildman–Crippen LogP) is 8.56. The second kappa shape index (κ2) is 13.1. The molecule has 0 aromatic heterocycles. The van der Waals surface area contributed by atoms with Crippen molar-refractivity contribution in [3.05, 3.63) is 48.6 Å². The lowest BCUT2D eigenvalue weighted by atomic mass is 9.63. The normalized spacial score (nSPS) is 26.8. The molecule has 0 saturated heterocycles. The van der Waals surface area contributed by atoms with Crippen molar-refractivity contribution < 1.29 is 9.47 Å². The molecule has 2 aliphatic carbocycles. The molecule has 2 heteroatoms. The molecule has 2 unspecified atom stereocenters. The Morgan fingerprint density at radius 2 is 1.24 bits per heavy atom. The Bertz CT molecular complexity index is 678. The molecule has 0 saturated carbocycles. The lowest BCUT2D eigenvalue weighted by Gasteiger charge is -2.43. The first kappa shape index (κ1) is 28.1. The Hall–Kier alpha value is -1.12. The molecule has 188 valence electrons. The summed E-state index contributed by atoms with van der Waals surface area (Å²) in [6.07, 6.45) is 25.1. The van der Waals surface area contributed by atoms with Gasteiger partial charge in [0.05, 0.1) is 13.2 Å². The second-order valence-corrected chi connectivity index (χ2v) is 12.3. The Labute approximate surface area is 205 Å². The first-order valence-corrected chi connectivity index (χ1v) is 13.4. The van der Waals surface area contributed by atoms with Crippen molar-refractivity contribution in [3.63, 3.8) is 0 Å². The van der Waals surface area contributed by atoms with E-state index in [1.807, 2.05) is 0 Å². The van der Waals surface area contributed by atoms with Gasteiger partial charge >= 0.3 is 0 Å². The maximum Gasteiger partial charge on any atom is 0.0507 e. The van der Waals surface area contributed by atoms with E-state index in [9.17, 15) is 0 Å². The van der Waals surface area contributed by atoms with Crippen molar-refractivity contribution in [2.75, 3.05) is 26.4 Å². The van der Waals surface area contributed by atoms with Crippen LogP contribution in [0.15, 0.2) is 48.6 Å². The third-order valence-electron chi connectivity index (χ3n) is 7.97. The lowest BCUT2D eigenvalue weighted by Crippen LogP contribution is -2.39. The van der Waals surface area contributed by atoms with Crippen LogP contribution in [0.4, 0.5) is 0 Å². The van der Waals surface area contributed by atoms with Crippen LogP contribution >= 0.6 is 0 Å². The predicted molar refractivity (Wildman–Crippen MR) is 143 cm³/mol. The van der Waals surface area contributed by atoms with E-state index >= 15 is 0 Å². The fourth-order valence-electron chi connectivity index (χ4n) is 5.77. The maximum absolute atomic E-state index is 6.20. The number of hydrogen-bond donors (Lipinski definition) is 0. The molecule has 0 amide bonds. The third kappa shape index (κ3) is 8.87. The van der Waals surface area contributed by atoms with E-state index < -0.39 is 0 Å². The van der Waals surface area contributed by atoms with Crippen LogP contribution in [0.3, 0.4) is 0 Å². The molecule has 2 rings (SSSR count). The minimum atomic E-state index is 0.193. The summed E-state index contributed by atoms with van der Waals surface area (Å²) < 4.78 is 12.4. The number of unbranched alkanes of at least 4 members (excludes halogenated alkanes) is 3. The van der Waals surface area contributed by atoms with Crippen molar-refractivity contribution in [3.8, 4) is 0 Å². The van der Waals surface area contributed by atoms with Gasteiger partial charge in [0.2, 0.25) is 0 Å². The zero-order valence-electron chi connectivity index (χ0n) is 22.7. The molecule has 0 spiro atoms. The third-order valence-corrected chi connectivity index (χ3v) is 7.97. The van der Waals surface area contributed by atoms with Gasteiger partial charge in [0.25, 0.3) is 0 Å². The van der Waals surface area contributed by atoms with Crippen LogP contribution in [0.1, 0.15) is 87.0 Å². The number of rotatable bonds is 14. The van der Waals surface area contributed by atoms with Crippen molar-refractivity contribution in [2.24, 2.45) is 34.0 Å². The fraction of sp³-hybridized carbons (Fsp3) is 0.742. The van der Waals surface area contributed by atoms with Crippen molar-refractivity contribution in [1.29, 1.82) is 0 Å². The number of hydrogen-bond acceptors (Lipinski definition) is 2.